The summed E-state index contributed by atoms with van der Waals surface area (Å²) in [4.78, 5) is 42.8. The number of aromatic nitrogens is 4. The van der Waals surface area contributed by atoms with E-state index >= 15 is 0 Å². The molecular weight excluding hydrogens is 523 g/mol. The number of pyridine rings is 1. The second-order valence-corrected chi connectivity index (χ2v) is 10.6. The van der Waals surface area contributed by atoms with Crippen LogP contribution in [-0.4, -0.2) is 80.1 Å². The maximum Gasteiger partial charge on any atom is 0.253 e. The second-order valence-electron chi connectivity index (χ2n) is 10.6. The minimum absolute atomic E-state index is 0.00362. The molecule has 1 saturated carbocycles. The Hall–Kier alpha value is -4.80. The van der Waals surface area contributed by atoms with Gasteiger partial charge in [-0.15, -0.1) is 0 Å². The fourth-order valence-corrected chi connectivity index (χ4v) is 3.95. The summed E-state index contributed by atoms with van der Waals surface area (Å²) in [5, 5.41) is 28.6. The molecule has 208 valence electrons. The monoisotopic (exact) mass is 553 g/mol. The van der Waals surface area contributed by atoms with Crippen LogP contribution in [0.1, 0.15) is 29.6 Å². The van der Waals surface area contributed by atoms with Gasteiger partial charge in [-0.05, 0) is 30.2 Å². The highest BCUT2D eigenvalue weighted by Gasteiger charge is 2.30. The number of nitrogens with one attached hydrogen (secondary N) is 4. The molecule has 0 unspecified atom stereocenters. The number of nitriles is 1. The first-order valence-electron chi connectivity index (χ1n) is 13.2. The Balaban J connectivity index is 1.61. The van der Waals surface area contributed by atoms with Crippen LogP contribution in [0.5, 0.6) is 5.75 Å². The number of hydrogen-bond acceptors (Lipinski definition) is 9. The number of para-hydroxylation sites is 1. The van der Waals surface area contributed by atoms with Gasteiger partial charge in [0, 0.05) is 30.3 Å². The molecule has 1 aliphatic rings. The Kier molecular flexibility index (Phi) is 8.96. The molecule has 41 heavy (non-hydrogen) atoms. The van der Waals surface area contributed by atoms with Crippen molar-refractivity contribution in [3.63, 3.8) is 0 Å². The van der Waals surface area contributed by atoms with Gasteiger partial charge in [0.25, 0.3) is 5.91 Å². The molecule has 3 amide bonds. The molecule has 4 rings (SSSR count). The van der Waals surface area contributed by atoms with Gasteiger partial charge in [-0.1, -0.05) is 6.07 Å². The van der Waals surface area contributed by atoms with Crippen molar-refractivity contribution in [3.05, 3.63) is 42.2 Å². The van der Waals surface area contributed by atoms with Crippen LogP contribution >= 0.6 is 0 Å². The van der Waals surface area contributed by atoms with Gasteiger partial charge in [0.05, 0.1) is 42.9 Å². The summed E-state index contributed by atoms with van der Waals surface area (Å²) in [5.41, 5.74) is 2.46. The molecule has 1 fully saturated rings. The Morgan fingerprint density at radius 1 is 1.20 bits per heavy atom. The molecule has 16 heteroatoms. The number of methoxy groups -OCH3 is 1. The maximum atomic E-state index is 13.2. The molecule has 2 aromatic heterocycles. The summed E-state index contributed by atoms with van der Waals surface area (Å²) in [7, 11) is 7.18. The van der Waals surface area contributed by atoms with Crippen molar-refractivity contribution >= 4 is 58.5 Å². The molecule has 13 nitrogen and oxygen atoms in total. The molecule has 0 radical (unpaired) electrons. The lowest BCUT2D eigenvalue weighted by molar-refractivity contribution is -0.120. The van der Waals surface area contributed by atoms with Gasteiger partial charge in [0.15, 0.2) is 5.75 Å². The van der Waals surface area contributed by atoms with E-state index in [4.69, 9.17) is 10.00 Å². The number of rotatable bonds is 12. The number of anilines is 3. The molecule has 0 aliphatic heterocycles. The summed E-state index contributed by atoms with van der Waals surface area (Å²) in [6.07, 6.45) is 4.52. The molecular formula is C25H30B3N9O4. The number of carbonyl (C=O) groups excluding carboxylic acids is 3. The van der Waals surface area contributed by atoms with Crippen molar-refractivity contribution in [2.45, 2.75) is 31.0 Å². The third-order valence-electron chi connectivity index (χ3n) is 6.01. The minimum atomic E-state index is -0.477. The van der Waals surface area contributed by atoms with Crippen molar-refractivity contribution in [2.75, 3.05) is 24.3 Å². The first-order valence-corrected chi connectivity index (χ1v) is 13.2. The Morgan fingerprint density at radius 3 is 2.66 bits per heavy atom. The summed E-state index contributed by atoms with van der Waals surface area (Å²) in [6, 6.07) is 8.86. The Bertz CT molecular complexity index is 1500. The van der Waals surface area contributed by atoms with Gasteiger partial charge in [0.2, 0.25) is 11.8 Å². The summed E-state index contributed by atoms with van der Waals surface area (Å²) in [5.74, 6) is 0.00883. The van der Waals surface area contributed by atoms with Crippen molar-refractivity contribution < 1.29 is 19.1 Å². The van der Waals surface area contributed by atoms with E-state index in [-0.39, 0.29) is 36.6 Å². The fourth-order valence-electron chi connectivity index (χ4n) is 3.95. The fraction of sp³-hybridized carbons (Fsp3) is 0.320. The van der Waals surface area contributed by atoms with Crippen LogP contribution in [0.15, 0.2) is 36.7 Å². The van der Waals surface area contributed by atoms with E-state index in [0.717, 1.165) is 12.8 Å². The molecule has 0 spiro atoms. The van der Waals surface area contributed by atoms with Gasteiger partial charge in [0.1, 0.15) is 41.5 Å². The van der Waals surface area contributed by atoms with Gasteiger partial charge in [-0.2, -0.15) is 20.3 Å². The van der Waals surface area contributed by atoms with Crippen LogP contribution in [0.4, 0.5) is 17.2 Å². The second kappa shape index (κ2) is 12.6. The zero-order chi connectivity index (χ0) is 29.6. The molecule has 1 aromatic carbocycles. The number of carbonyl (C=O) groups is 3. The molecule has 3 aromatic rings. The van der Waals surface area contributed by atoms with E-state index in [1.54, 1.807) is 24.4 Å². The van der Waals surface area contributed by atoms with Crippen LogP contribution in [-0.2, 0) is 16.1 Å². The number of nitrogens with zero attached hydrogens (tertiary/aromatic N) is 5. The molecule has 1 aliphatic carbocycles. The number of hydrogen-bond donors (Lipinski definition) is 4. The number of ether oxygens (including phenoxy) is 1. The standard InChI is InChI=1S/C25H30B3N9O4/c1-41-22-15(19-13-32-37(36-19)10-9-30-21(38)7-8-29)3-2-4-17(22)33-18-11-20(34-23(39)14-5-6-14)31-12-16(18)24(40)35-25(26,27)28/h2-4,11-14H,5-7,9-10,26-28H2,1H3,(H,30,38)(H,35,40)(H2,31,33,34,39). The first kappa shape index (κ1) is 29.2. The largest absolute Gasteiger partial charge is 0.494 e. The van der Waals surface area contributed by atoms with Crippen molar-refractivity contribution in [2.24, 2.45) is 5.92 Å². The quantitative estimate of drug-likeness (QED) is 0.199. The predicted octanol–water partition coefficient (Wildman–Crippen LogP) is -1.29. The van der Waals surface area contributed by atoms with Gasteiger partial charge >= 0.3 is 0 Å². The molecule has 0 saturated heterocycles. The van der Waals surface area contributed by atoms with Crippen molar-refractivity contribution in [1.29, 1.82) is 5.26 Å². The Morgan fingerprint density at radius 2 is 1.98 bits per heavy atom. The van der Waals surface area contributed by atoms with Gasteiger partial charge < -0.3 is 26.0 Å². The molecule has 2 heterocycles. The average Bonchev–Trinajstić information content (AvgIpc) is 3.66. The highest BCUT2D eigenvalue weighted by Crippen LogP contribution is 2.38. The topological polar surface area (TPSA) is 176 Å². The van der Waals surface area contributed by atoms with Crippen molar-refractivity contribution in [1.82, 2.24) is 30.6 Å². The van der Waals surface area contributed by atoms with Crippen LogP contribution in [0.3, 0.4) is 0 Å². The maximum absolute atomic E-state index is 13.2. The SMILES string of the molecule is BC(B)(B)NC(=O)c1cnc(NC(=O)C2CC2)cc1Nc1cccc(-c2cnn(CCNC(=O)CC#N)n2)c1OC. The van der Waals surface area contributed by atoms with Gasteiger partial charge in [-0.3, -0.25) is 14.4 Å². The van der Waals surface area contributed by atoms with E-state index in [2.05, 4.69) is 36.4 Å². The summed E-state index contributed by atoms with van der Waals surface area (Å²) < 4.78 is 5.75. The smallest absolute Gasteiger partial charge is 0.253 e. The van der Waals surface area contributed by atoms with E-state index in [1.807, 2.05) is 35.7 Å². The summed E-state index contributed by atoms with van der Waals surface area (Å²) >= 11 is 0. The third kappa shape index (κ3) is 7.88. The zero-order valence-electron chi connectivity index (χ0n) is 23.4. The first-order chi connectivity index (χ1) is 19.6. The lowest BCUT2D eigenvalue weighted by Gasteiger charge is -2.22. The minimum Gasteiger partial charge on any atom is -0.494 e. The van der Waals surface area contributed by atoms with E-state index in [1.165, 1.54) is 18.1 Å². The predicted molar refractivity (Wildman–Crippen MR) is 160 cm³/mol. The highest BCUT2D eigenvalue weighted by molar-refractivity contribution is 6.60. The zero-order valence-corrected chi connectivity index (χ0v) is 23.4. The number of benzene rings is 1. The lowest BCUT2D eigenvalue weighted by Crippen LogP contribution is -2.50. The molecule has 0 bridgehead atoms. The van der Waals surface area contributed by atoms with E-state index in [9.17, 15) is 14.4 Å². The molecule has 0 atom stereocenters. The lowest BCUT2D eigenvalue weighted by atomic mass is 9.49. The third-order valence-corrected chi connectivity index (χ3v) is 6.01. The Labute approximate surface area is 240 Å². The molecule has 4 N–H and O–H groups in total. The van der Waals surface area contributed by atoms with Crippen LogP contribution in [0.25, 0.3) is 11.3 Å². The van der Waals surface area contributed by atoms with Crippen LogP contribution in [0, 0.1) is 17.2 Å². The van der Waals surface area contributed by atoms with Crippen LogP contribution in [0.2, 0.25) is 0 Å². The van der Waals surface area contributed by atoms with E-state index in [0.29, 0.717) is 46.3 Å². The van der Waals surface area contributed by atoms with E-state index < -0.39 is 5.24 Å². The normalized spacial score (nSPS) is 12.6. The van der Waals surface area contributed by atoms with Gasteiger partial charge in [-0.25, -0.2) is 4.98 Å². The number of amides is 3. The highest BCUT2D eigenvalue weighted by atomic mass is 16.5. The summed E-state index contributed by atoms with van der Waals surface area (Å²) in [6.45, 7) is 0.588. The van der Waals surface area contributed by atoms with Crippen LogP contribution < -0.4 is 26.0 Å². The van der Waals surface area contributed by atoms with Crippen molar-refractivity contribution in [3.8, 4) is 23.1 Å². The average molecular weight is 553 g/mol.